The van der Waals surface area contributed by atoms with Gasteiger partial charge in [-0.25, -0.2) is 14.8 Å². The van der Waals surface area contributed by atoms with Gasteiger partial charge in [0, 0.05) is 23.1 Å². The van der Waals surface area contributed by atoms with Crippen LogP contribution >= 0.6 is 0 Å². The summed E-state index contributed by atoms with van der Waals surface area (Å²) in [5.74, 6) is -1.06. The van der Waals surface area contributed by atoms with E-state index in [1.807, 2.05) is 13.8 Å². The van der Waals surface area contributed by atoms with E-state index in [2.05, 4.69) is 30.9 Å². The number of amides is 1. The van der Waals surface area contributed by atoms with Crippen molar-refractivity contribution < 1.29 is 22.7 Å². The largest absolute Gasteiger partial charge is 0.434 e. The minimum absolute atomic E-state index is 0.104. The van der Waals surface area contributed by atoms with Crippen molar-refractivity contribution in [1.29, 1.82) is 0 Å². The Balaban J connectivity index is 1.60. The minimum atomic E-state index is -3.08. The van der Waals surface area contributed by atoms with Gasteiger partial charge in [-0.05, 0) is 37.1 Å². The summed E-state index contributed by atoms with van der Waals surface area (Å²) in [6.07, 6.45) is 1.50. The van der Waals surface area contributed by atoms with Crippen LogP contribution in [0, 0.1) is 11.7 Å². The number of aromatic nitrogens is 2. The number of anilines is 1. The van der Waals surface area contributed by atoms with Gasteiger partial charge in [-0.15, -0.1) is 0 Å². The Bertz CT molecular complexity index is 1090. The molecule has 1 aliphatic heterocycles. The van der Waals surface area contributed by atoms with E-state index >= 15 is 0 Å². The van der Waals surface area contributed by atoms with Gasteiger partial charge < -0.3 is 15.0 Å². The van der Waals surface area contributed by atoms with Crippen LogP contribution < -0.4 is 20.9 Å². The Kier molecular flexibility index (Phi) is 5.35. The number of benzene rings is 1. The van der Waals surface area contributed by atoms with Crippen molar-refractivity contribution in [2.75, 3.05) is 5.32 Å². The number of H-pyrrole nitrogens is 1. The average molecular weight is 419 g/mol. The maximum Gasteiger partial charge on any atom is 0.387 e. The van der Waals surface area contributed by atoms with Crippen molar-refractivity contribution in [1.82, 2.24) is 20.8 Å². The number of aromatic amines is 1. The molecule has 1 fully saturated rings. The van der Waals surface area contributed by atoms with Crippen LogP contribution in [-0.2, 0) is 4.79 Å². The number of nitrogens with zero attached hydrogens (tertiary/aromatic N) is 1. The number of hydrazine groups is 1. The highest BCUT2D eigenvalue weighted by molar-refractivity contribution is 5.97. The lowest BCUT2D eigenvalue weighted by atomic mass is 9.97. The molecule has 10 heteroatoms. The minimum Gasteiger partial charge on any atom is -0.434 e. The number of rotatable bonds is 5. The summed E-state index contributed by atoms with van der Waals surface area (Å²) in [5, 5.41) is 3.48. The van der Waals surface area contributed by atoms with E-state index in [-0.39, 0.29) is 35.2 Å². The van der Waals surface area contributed by atoms with Gasteiger partial charge in [-0.3, -0.25) is 10.2 Å². The van der Waals surface area contributed by atoms with Crippen LogP contribution in [0.1, 0.15) is 13.8 Å². The number of hydrogen-bond donors (Lipinski definition) is 4. The molecule has 3 unspecified atom stereocenters. The number of alkyl halides is 2. The van der Waals surface area contributed by atoms with Gasteiger partial charge in [-0.1, -0.05) is 6.92 Å². The van der Waals surface area contributed by atoms with Crippen molar-refractivity contribution in [3.63, 3.8) is 0 Å². The highest BCUT2D eigenvalue weighted by Crippen LogP contribution is 2.33. The number of pyridine rings is 1. The number of carbonyl (C=O) groups excluding carboxylic acids is 1. The second kappa shape index (κ2) is 7.96. The van der Waals surface area contributed by atoms with Crippen molar-refractivity contribution in [2.24, 2.45) is 5.92 Å². The monoisotopic (exact) mass is 419 g/mol. The molecule has 1 amide bonds. The first kappa shape index (κ1) is 20.2. The molecule has 1 saturated heterocycles. The van der Waals surface area contributed by atoms with E-state index in [1.54, 1.807) is 12.1 Å². The van der Waals surface area contributed by atoms with Crippen LogP contribution in [0.3, 0.4) is 0 Å². The molecule has 0 aliphatic carbocycles. The summed E-state index contributed by atoms with van der Waals surface area (Å²) in [6.45, 7) is 0.879. The second-order valence-electron chi connectivity index (χ2n) is 7.27. The molecule has 3 heterocycles. The van der Waals surface area contributed by atoms with E-state index in [0.29, 0.717) is 22.4 Å². The number of hydrogen-bond acceptors (Lipinski definition) is 5. The number of ether oxygens (including phenoxy) is 1. The molecule has 0 saturated carbocycles. The van der Waals surface area contributed by atoms with Crippen LogP contribution in [-0.4, -0.2) is 34.6 Å². The summed E-state index contributed by atoms with van der Waals surface area (Å²) >= 11 is 0. The molecule has 158 valence electrons. The van der Waals surface area contributed by atoms with E-state index in [9.17, 15) is 18.0 Å². The Morgan fingerprint density at radius 3 is 2.70 bits per heavy atom. The van der Waals surface area contributed by atoms with Crippen LogP contribution in [0.4, 0.5) is 18.9 Å². The highest BCUT2D eigenvalue weighted by atomic mass is 19.3. The van der Waals surface area contributed by atoms with Gasteiger partial charge in [0.05, 0.1) is 17.6 Å². The predicted molar refractivity (Wildman–Crippen MR) is 105 cm³/mol. The summed E-state index contributed by atoms with van der Waals surface area (Å²) in [5.41, 5.74) is 7.69. The van der Waals surface area contributed by atoms with E-state index < -0.39 is 12.4 Å². The third kappa shape index (κ3) is 3.96. The molecule has 30 heavy (non-hydrogen) atoms. The van der Waals surface area contributed by atoms with E-state index in [1.165, 1.54) is 12.3 Å². The number of carbonyl (C=O) groups is 1. The first-order valence-corrected chi connectivity index (χ1v) is 9.37. The van der Waals surface area contributed by atoms with Crippen molar-refractivity contribution in [2.45, 2.75) is 32.5 Å². The molecule has 7 nitrogen and oxygen atoms in total. The summed E-state index contributed by atoms with van der Waals surface area (Å²) in [6, 6.07) is 6.57. The Morgan fingerprint density at radius 1 is 1.20 bits per heavy atom. The van der Waals surface area contributed by atoms with Gasteiger partial charge in [0.2, 0.25) is 5.91 Å². The third-order valence-corrected chi connectivity index (χ3v) is 5.25. The fourth-order valence-corrected chi connectivity index (χ4v) is 3.44. The van der Waals surface area contributed by atoms with Gasteiger partial charge in [0.15, 0.2) is 0 Å². The van der Waals surface area contributed by atoms with Gasteiger partial charge in [0.25, 0.3) is 0 Å². The lowest BCUT2D eigenvalue weighted by Gasteiger charge is -2.15. The lowest BCUT2D eigenvalue weighted by Crippen LogP contribution is -2.41. The first-order chi connectivity index (χ1) is 14.3. The molecule has 4 rings (SSSR count). The molecule has 0 radical (unpaired) electrons. The molecule has 3 atom stereocenters. The molecule has 1 aliphatic rings. The Morgan fingerprint density at radius 2 is 2.00 bits per heavy atom. The first-order valence-electron chi connectivity index (χ1n) is 9.37. The smallest absolute Gasteiger partial charge is 0.387 e. The summed E-state index contributed by atoms with van der Waals surface area (Å²) in [4.78, 5) is 19.8. The highest BCUT2D eigenvalue weighted by Gasteiger charge is 2.34. The normalized spacial score (nSPS) is 21.3. The van der Waals surface area contributed by atoms with Crippen LogP contribution in [0.5, 0.6) is 5.75 Å². The van der Waals surface area contributed by atoms with Crippen molar-refractivity contribution in [3.8, 4) is 17.0 Å². The maximum absolute atomic E-state index is 13.5. The van der Waals surface area contributed by atoms with Crippen LogP contribution in [0.15, 0.2) is 36.5 Å². The Hall–Kier alpha value is -3.11. The fourth-order valence-electron chi connectivity index (χ4n) is 3.44. The topological polar surface area (TPSA) is 91.1 Å². The van der Waals surface area contributed by atoms with Crippen molar-refractivity contribution >= 4 is 22.6 Å². The molecule has 1 aromatic carbocycles. The van der Waals surface area contributed by atoms with Gasteiger partial charge >= 0.3 is 6.61 Å². The molecule has 3 aromatic rings. The van der Waals surface area contributed by atoms with E-state index in [0.717, 1.165) is 12.1 Å². The second-order valence-corrected chi connectivity index (χ2v) is 7.27. The summed E-state index contributed by atoms with van der Waals surface area (Å²) < 4.78 is 43.3. The van der Waals surface area contributed by atoms with Crippen LogP contribution in [0.25, 0.3) is 22.3 Å². The SMILES string of the molecule is CC1NNC(C(=O)Nc2cnc3[nH]c(-c4ccc(F)cc4OC(F)F)cc3c2)C1C. The molecule has 4 N–H and O–H groups in total. The lowest BCUT2D eigenvalue weighted by molar-refractivity contribution is -0.118. The zero-order valence-electron chi connectivity index (χ0n) is 16.2. The Labute approximate surface area is 170 Å². The molecule has 2 aromatic heterocycles. The average Bonchev–Trinajstić information content (AvgIpc) is 3.24. The maximum atomic E-state index is 13.5. The van der Waals surface area contributed by atoms with Crippen molar-refractivity contribution in [3.05, 3.63) is 42.3 Å². The number of nitrogens with one attached hydrogen (secondary N) is 4. The molecule has 0 spiro atoms. The quantitative estimate of drug-likeness (QED) is 0.509. The van der Waals surface area contributed by atoms with E-state index in [4.69, 9.17) is 0 Å². The predicted octanol–water partition coefficient (Wildman–Crippen LogP) is 3.41. The third-order valence-electron chi connectivity index (χ3n) is 5.25. The zero-order chi connectivity index (χ0) is 21.4. The van der Waals surface area contributed by atoms with Crippen LogP contribution in [0.2, 0.25) is 0 Å². The molecule has 0 bridgehead atoms. The standard InChI is InChI=1S/C20H20F3N5O2/c1-9-10(2)27-28-17(9)19(29)25-13-5-11-6-15(26-18(11)24-8-13)14-4-3-12(21)7-16(14)30-20(22)23/h3-10,17,20,27-28H,1-2H3,(H,24,26)(H,25,29). The fraction of sp³-hybridized carbons (Fsp3) is 0.300. The molecular formula is C20H20F3N5O2. The zero-order valence-corrected chi connectivity index (χ0v) is 16.2. The molecular weight excluding hydrogens is 399 g/mol. The van der Waals surface area contributed by atoms with Gasteiger partial charge in [0.1, 0.15) is 23.3 Å². The summed E-state index contributed by atoms with van der Waals surface area (Å²) in [7, 11) is 0. The number of fused-ring (bicyclic) bond motifs is 1. The van der Waals surface area contributed by atoms with Gasteiger partial charge in [-0.2, -0.15) is 8.78 Å². The number of halogens is 3.